The van der Waals surface area contributed by atoms with Gasteiger partial charge in [-0.05, 0) is 96.2 Å². The molecule has 0 aromatic carbocycles. The molecule has 0 amide bonds. The van der Waals surface area contributed by atoms with Crippen LogP contribution in [0.4, 0.5) is 0 Å². The first-order valence-electron chi connectivity index (χ1n) is 15.0. The summed E-state index contributed by atoms with van der Waals surface area (Å²) in [5.74, 6) is 0. The van der Waals surface area contributed by atoms with E-state index in [0.717, 1.165) is 94.5 Å². The number of aromatic nitrogens is 4. The molecule has 2 aliphatic heterocycles. The van der Waals surface area contributed by atoms with Crippen LogP contribution in [0.3, 0.4) is 0 Å². The van der Waals surface area contributed by atoms with Gasteiger partial charge < -0.3 is 9.97 Å². The van der Waals surface area contributed by atoms with Crippen LogP contribution in [-0.2, 0) is 12.8 Å². The Morgan fingerprint density at radius 3 is 1.15 bits per heavy atom. The Bertz CT molecular complexity index is 1610. The van der Waals surface area contributed by atoms with Crippen LogP contribution in [-0.4, -0.2) is 19.9 Å². The largest absolute Gasteiger partial charge is 0.355 e. The van der Waals surface area contributed by atoms with E-state index in [0.29, 0.717) is 0 Å². The number of allylic oxidation sites excluding steroid dienone is 4. The first-order chi connectivity index (χ1) is 19.5. The predicted octanol–water partition coefficient (Wildman–Crippen LogP) is 10.2. The van der Waals surface area contributed by atoms with E-state index < -0.39 is 0 Å². The molecule has 206 valence electrons. The summed E-state index contributed by atoms with van der Waals surface area (Å²) < 4.78 is 0. The second-order valence-electron chi connectivity index (χ2n) is 10.5. The third kappa shape index (κ3) is 4.40. The summed E-state index contributed by atoms with van der Waals surface area (Å²) in [6.07, 6.45) is 9.50. The van der Waals surface area contributed by atoms with Gasteiger partial charge in [-0.25, -0.2) is 9.97 Å². The topological polar surface area (TPSA) is 57.4 Å². The Balaban J connectivity index is 2.05. The van der Waals surface area contributed by atoms with Crippen LogP contribution < -0.4 is 0 Å². The summed E-state index contributed by atoms with van der Waals surface area (Å²) in [6, 6.07) is 8.93. The molecular formula is C36H42N4. The number of nitrogens with one attached hydrogen (secondary N) is 2. The van der Waals surface area contributed by atoms with E-state index in [1.807, 2.05) is 12.2 Å². The van der Waals surface area contributed by atoms with Gasteiger partial charge >= 0.3 is 0 Å². The Labute approximate surface area is 238 Å². The SMILES string of the molecule is C=Cc1c(CC)c2cc3nc(cc4nc(cc5[nH]c(cc1[nH]2)c(C=C)c5CC)C(CC)=C4CC)C(CC)=C3CC. The quantitative estimate of drug-likeness (QED) is 0.304. The summed E-state index contributed by atoms with van der Waals surface area (Å²) >= 11 is 0. The lowest BCUT2D eigenvalue weighted by molar-refractivity contribution is 1.15. The molecule has 5 rings (SSSR count). The highest BCUT2D eigenvalue weighted by Crippen LogP contribution is 2.39. The van der Waals surface area contributed by atoms with Gasteiger partial charge in [0.2, 0.25) is 0 Å². The number of hydrogen-bond acceptors (Lipinski definition) is 2. The van der Waals surface area contributed by atoms with E-state index >= 15 is 0 Å². The van der Waals surface area contributed by atoms with Crippen LogP contribution in [0, 0.1) is 0 Å². The van der Waals surface area contributed by atoms with Crippen molar-refractivity contribution in [1.82, 2.24) is 19.9 Å². The van der Waals surface area contributed by atoms with Gasteiger partial charge in [0.15, 0.2) is 0 Å². The Kier molecular flexibility index (Phi) is 7.80. The van der Waals surface area contributed by atoms with E-state index in [1.165, 1.54) is 33.4 Å². The molecular weight excluding hydrogens is 488 g/mol. The zero-order valence-corrected chi connectivity index (χ0v) is 25.0. The van der Waals surface area contributed by atoms with Crippen molar-refractivity contribution >= 4 is 56.5 Å². The molecule has 8 bridgehead atoms. The van der Waals surface area contributed by atoms with Gasteiger partial charge in [0, 0.05) is 33.2 Å². The zero-order valence-electron chi connectivity index (χ0n) is 25.0. The molecule has 5 heterocycles. The summed E-state index contributed by atoms with van der Waals surface area (Å²) in [5.41, 5.74) is 18.6. The zero-order chi connectivity index (χ0) is 28.6. The molecule has 0 radical (unpaired) electrons. The van der Waals surface area contributed by atoms with Gasteiger partial charge in [-0.2, -0.15) is 0 Å². The van der Waals surface area contributed by atoms with Crippen molar-refractivity contribution in [2.45, 2.75) is 80.1 Å². The summed E-state index contributed by atoms with van der Waals surface area (Å²) in [7, 11) is 0. The molecule has 3 aromatic rings. The standard InChI is InChI=1S/C36H42N4/c1-9-21-22(10-2)30-18-32-25(13-5)26(14-6)34(39-32)20-36-28(16-8)27(15-7)35(40-36)19-33-24(12-4)23(11-3)31(38-33)17-29(21)37-30/h9,11,17-20,37-38H,1,3,10,12-16H2,2,4-8H3. The van der Waals surface area contributed by atoms with E-state index in [9.17, 15) is 0 Å². The van der Waals surface area contributed by atoms with Crippen molar-refractivity contribution < 1.29 is 0 Å². The van der Waals surface area contributed by atoms with E-state index in [2.05, 4.69) is 88.9 Å². The van der Waals surface area contributed by atoms with Gasteiger partial charge in [0.05, 0.1) is 22.8 Å². The van der Waals surface area contributed by atoms with Gasteiger partial charge in [0.1, 0.15) is 0 Å². The van der Waals surface area contributed by atoms with Crippen molar-refractivity contribution in [1.29, 1.82) is 0 Å². The highest BCUT2D eigenvalue weighted by atomic mass is 14.8. The molecule has 2 N–H and O–H groups in total. The van der Waals surface area contributed by atoms with Gasteiger partial charge in [-0.15, -0.1) is 0 Å². The molecule has 0 unspecified atom stereocenters. The minimum atomic E-state index is 0.900. The van der Waals surface area contributed by atoms with Crippen LogP contribution in [0.1, 0.15) is 112 Å². The molecule has 0 saturated carbocycles. The lowest BCUT2D eigenvalue weighted by Gasteiger charge is -2.04. The molecule has 0 atom stereocenters. The number of aromatic amines is 2. The van der Waals surface area contributed by atoms with Crippen molar-refractivity contribution in [3.8, 4) is 0 Å². The van der Waals surface area contributed by atoms with Crippen LogP contribution in [0.15, 0.2) is 37.4 Å². The first-order valence-corrected chi connectivity index (χ1v) is 15.0. The van der Waals surface area contributed by atoms with Crippen LogP contribution in [0.2, 0.25) is 0 Å². The van der Waals surface area contributed by atoms with Gasteiger partial charge in [-0.1, -0.05) is 66.9 Å². The number of H-pyrrole nitrogens is 2. The molecule has 4 heteroatoms. The number of nitrogens with zero attached hydrogens (tertiary/aromatic N) is 2. The molecule has 3 aromatic heterocycles. The molecule has 0 fully saturated rings. The number of aryl methyl sites for hydroxylation is 2. The Morgan fingerprint density at radius 2 is 0.850 bits per heavy atom. The highest BCUT2D eigenvalue weighted by molar-refractivity contribution is 5.97. The van der Waals surface area contributed by atoms with Crippen molar-refractivity contribution in [2.24, 2.45) is 0 Å². The fourth-order valence-electron chi connectivity index (χ4n) is 6.64. The Morgan fingerprint density at radius 1 is 0.500 bits per heavy atom. The van der Waals surface area contributed by atoms with Gasteiger partial charge in [-0.3, -0.25) is 0 Å². The van der Waals surface area contributed by atoms with E-state index in [-0.39, 0.29) is 0 Å². The summed E-state index contributed by atoms with van der Waals surface area (Å²) in [4.78, 5) is 18.0. The maximum Gasteiger partial charge on any atom is 0.0694 e. The lowest BCUT2D eigenvalue weighted by atomic mass is 9.97. The second kappa shape index (κ2) is 11.3. The average Bonchev–Trinajstić information content (AvgIpc) is 3.67. The highest BCUT2D eigenvalue weighted by Gasteiger charge is 2.22. The van der Waals surface area contributed by atoms with Crippen molar-refractivity contribution in [2.75, 3.05) is 0 Å². The summed E-state index contributed by atoms with van der Waals surface area (Å²) in [5, 5.41) is 0. The molecule has 0 aliphatic carbocycles. The van der Waals surface area contributed by atoms with Crippen LogP contribution >= 0.6 is 0 Å². The van der Waals surface area contributed by atoms with Crippen molar-refractivity contribution in [3.05, 3.63) is 82.5 Å². The lowest BCUT2D eigenvalue weighted by Crippen LogP contribution is -1.86. The average molecular weight is 531 g/mol. The van der Waals surface area contributed by atoms with E-state index in [1.54, 1.807) is 0 Å². The smallest absolute Gasteiger partial charge is 0.0694 e. The normalized spacial score (nSPS) is 13.3. The first kappa shape index (κ1) is 27.6. The molecule has 0 spiro atoms. The maximum atomic E-state index is 5.24. The Hall–Kier alpha value is -3.92. The number of hydrogen-bond donors (Lipinski definition) is 2. The van der Waals surface area contributed by atoms with Gasteiger partial charge in [0.25, 0.3) is 0 Å². The fraction of sp³-hybridized carbons (Fsp3) is 0.333. The molecule has 40 heavy (non-hydrogen) atoms. The number of fused-ring (bicyclic) bond motifs is 8. The molecule has 4 nitrogen and oxygen atoms in total. The maximum absolute atomic E-state index is 5.24. The fourth-order valence-corrected chi connectivity index (χ4v) is 6.64. The third-order valence-electron chi connectivity index (χ3n) is 8.52. The molecule has 2 aliphatic rings. The monoisotopic (exact) mass is 530 g/mol. The van der Waals surface area contributed by atoms with Crippen LogP contribution in [0.25, 0.3) is 56.5 Å². The molecule has 0 saturated heterocycles. The van der Waals surface area contributed by atoms with Crippen LogP contribution in [0.5, 0.6) is 0 Å². The minimum absolute atomic E-state index is 0.900. The van der Waals surface area contributed by atoms with Crippen molar-refractivity contribution in [3.63, 3.8) is 0 Å². The van der Waals surface area contributed by atoms with E-state index in [4.69, 9.17) is 9.97 Å². The summed E-state index contributed by atoms with van der Waals surface area (Å²) in [6.45, 7) is 21.7. The predicted molar refractivity (Wildman–Crippen MR) is 175 cm³/mol. The second-order valence-corrected chi connectivity index (χ2v) is 10.5. The minimum Gasteiger partial charge on any atom is -0.355 e. The number of rotatable bonds is 8. The third-order valence-corrected chi connectivity index (χ3v) is 8.52.